The minimum atomic E-state index is 1.19. The highest BCUT2D eigenvalue weighted by atomic mass is 15.6. The third kappa shape index (κ3) is 0.506. The van der Waals surface area contributed by atoms with Crippen LogP contribution in [0, 0.1) is 0 Å². The molecule has 0 aromatic rings. The molecule has 0 saturated carbocycles. The second kappa shape index (κ2) is 0.965. The van der Waals surface area contributed by atoms with Crippen molar-refractivity contribution in [1.29, 1.82) is 0 Å². The molecule has 1 heterocycles. The molecule has 1 saturated heterocycles. The second-order valence-corrected chi connectivity index (χ2v) is 1.61. The molecule has 1 aliphatic rings. The molecule has 0 N–H and O–H groups in total. The Morgan fingerprint density at radius 3 is 2.17 bits per heavy atom. The van der Waals surface area contributed by atoms with E-state index >= 15 is 0 Å². The topological polar surface area (TPSA) is 6.02 Å². The van der Waals surface area contributed by atoms with Gasteiger partial charge in [0.05, 0.1) is 13.1 Å². The van der Waals surface area contributed by atoms with Crippen LogP contribution in [0.25, 0.3) is 0 Å². The lowest BCUT2D eigenvalue weighted by atomic mass is 11.0. The number of hydrazine groups is 1. The molecule has 2 heteroatoms. The van der Waals surface area contributed by atoms with E-state index < -0.39 is 0 Å². The summed E-state index contributed by atoms with van der Waals surface area (Å²) in [6.45, 7) is 6.05. The van der Waals surface area contributed by atoms with Crippen molar-refractivity contribution in [1.82, 2.24) is 5.01 Å². The van der Waals surface area contributed by atoms with Gasteiger partial charge in [-0.1, -0.05) is 0 Å². The monoisotopic (exact) mass is 85.1 g/mol. The smallest absolute Gasteiger partial charge is 0.161 e. The first-order valence-corrected chi connectivity index (χ1v) is 2.10. The van der Waals surface area contributed by atoms with Gasteiger partial charge in [-0.2, -0.15) is 5.01 Å². The fraction of sp³-hybridized carbons (Fsp3) is 0.750. The Morgan fingerprint density at radius 2 is 2.17 bits per heavy atom. The lowest BCUT2D eigenvalue weighted by Crippen LogP contribution is -2.08. The van der Waals surface area contributed by atoms with Crippen LogP contribution in [0.5, 0.6) is 0 Å². The third-order valence-electron chi connectivity index (χ3n) is 0.906. The first-order chi connectivity index (χ1) is 2.80. The van der Waals surface area contributed by atoms with Crippen LogP contribution in [0.4, 0.5) is 0 Å². The van der Waals surface area contributed by atoms with Gasteiger partial charge in [0.15, 0.2) is 13.8 Å². The zero-order chi connectivity index (χ0) is 4.57. The normalized spacial score (nSPS) is 17.8. The summed E-state index contributed by atoms with van der Waals surface area (Å²) in [5.41, 5.74) is 0. The van der Waals surface area contributed by atoms with Crippen LogP contribution >= 0.6 is 0 Å². The molecule has 0 unspecified atom stereocenters. The van der Waals surface area contributed by atoms with Gasteiger partial charge < -0.3 is 0 Å². The SMILES string of the molecule is C=[N+](C)N1CC1. The fourth-order valence-corrected chi connectivity index (χ4v) is 0.386. The summed E-state index contributed by atoms with van der Waals surface area (Å²) >= 11 is 0. The third-order valence-corrected chi connectivity index (χ3v) is 0.906. The van der Waals surface area contributed by atoms with E-state index in [1.54, 1.807) is 0 Å². The summed E-state index contributed by atoms with van der Waals surface area (Å²) in [5.74, 6) is 0. The van der Waals surface area contributed by atoms with Gasteiger partial charge in [0, 0.05) is 0 Å². The van der Waals surface area contributed by atoms with Crippen LogP contribution in [0.15, 0.2) is 0 Å². The highest BCUT2D eigenvalue weighted by Crippen LogP contribution is 1.98. The number of rotatable bonds is 1. The van der Waals surface area contributed by atoms with Crippen LogP contribution in [0.1, 0.15) is 0 Å². The van der Waals surface area contributed by atoms with E-state index in [0.29, 0.717) is 0 Å². The second-order valence-electron chi connectivity index (χ2n) is 1.61. The number of hydrogen-bond acceptors (Lipinski definition) is 1. The molecule has 6 heavy (non-hydrogen) atoms. The van der Waals surface area contributed by atoms with Gasteiger partial charge in [-0.15, -0.1) is 4.68 Å². The van der Waals surface area contributed by atoms with E-state index in [2.05, 4.69) is 11.7 Å². The Balaban J connectivity index is 2.31. The van der Waals surface area contributed by atoms with Crippen LogP contribution in [0.2, 0.25) is 0 Å². The van der Waals surface area contributed by atoms with Crippen molar-refractivity contribution in [3.8, 4) is 0 Å². The highest BCUT2D eigenvalue weighted by Gasteiger charge is 2.22. The van der Waals surface area contributed by atoms with E-state index in [1.807, 2.05) is 11.7 Å². The number of hydrogen-bond donors (Lipinski definition) is 0. The number of nitrogens with zero attached hydrogens (tertiary/aromatic N) is 2. The van der Waals surface area contributed by atoms with Gasteiger partial charge in [0.25, 0.3) is 0 Å². The van der Waals surface area contributed by atoms with Gasteiger partial charge in [-0.3, -0.25) is 0 Å². The Bertz CT molecular complexity index is 73.6. The van der Waals surface area contributed by atoms with Crippen molar-refractivity contribution in [2.75, 3.05) is 20.1 Å². The average Bonchev–Trinajstić information content (AvgIpc) is 2.06. The maximum absolute atomic E-state index is 3.66. The molecular weight excluding hydrogens is 76.1 g/mol. The molecule has 0 bridgehead atoms. The van der Waals surface area contributed by atoms with E-state index in [0.717, 1.165) is 0 Å². The Labute approximate surface area is 37.7 Å². The van der Waals surface area contributed by atoms with E-state index in [4.69, 9.17) is 0 Å². The Hall–Kier alpha value is -0.530. The molecule has 0 aromatic carbocycles. The Kier molecular flexibility index (Phi) is 0.587. The summed E-state index contributed by atoms with van der Waals surface area (Å²) < 4.78 is 1.86. The quantitative estimate of drug-likeness (QED) is 0.237. The summed E-state index contributed by atoms with van der Waals surface area (Å²) in [7, 11) is 1.95. The van der Waals surface area contributed by atoms with Gasteiger partial charge >= 0.3 is 0 Å². The first-order valence-electron chi connectivity index (χ1n) is 2.10. The summed E-state index contributed by atoms with van der Waals surface area (Å²) in [5, 5.41) is 2.14. The summed E-state index contributed by atoms with van der Waals surface area (Å²) in [4.78, 5) is 0. The average molecular weight is 85.1 g/mol. The lowest BCUT2D eigenvalue weighted by molar-refractivity contribution is -0.623. The molecule has 34 valence electrons. The Morgan fingerprint density at radius 1 is 1.67 bits per heavy atom. The van der Waals surface area contributed by atoms with Crippen molar-refractivity contribution >= 4 is 6.72 Å². The van der Waals surface area contributed by atoms with E-state index in [9.17, 15) is 0 Å². The van der Waals surface area contributed by atoms with Crippen molar-refractivity contribution in [3.63, 3.8) is 0 Å². The van der Waals surface area contributed by atoms with Crippen molar-refractivity contribution in [2.24, 2.45) is 0 Å². The lowest BCUT2D eigenvalue weighted by Gasteiger charge is -1.86. The zero-order valence-electron chi connectivity index (χ0n) is 4.02. The maximum atomic E-state index is 3.66. The van der Waals surface area contributed by atoms with E-state index in [1.165, 1.54) is 13.1 Å². The number of hydrazone groups is 1. The molecule has 2 nitrogen and oxygen atoms in total. The molecule has 0 aliphatic carbocycles. The molecule has 1 fully saturated rings. The molecule has 0 spiro atoms. The van der Waals surface area contributed by atoms with Gasteiger partial charge in [-0.05, 0) is 0 Å². The molecule has 0 radical (unpaired) electrons. The molecule has 0 aromatic heterocycles. The molecule has 0 amide bonds. The van der Waals surface area contributed by atoms with Crippen LogP contribution in [-0.2, 0) is 0 Å². The fourth-order valence-electron chi connectivity index (χ4n) is 0.386. The molecule has 1 aliphatic heterocycles. The molecular formula is C4H9N2+. The van der Waals surface area contributed by atoms with Crippen molar-refractivity contribution in [3.05, 3.63) is 0 Å². The standard InChI is InChI=1S/C4H9N2/c1-5(2)6-3-4-6/h1,3-4H2,2H3/q+1. The first kappa shape index (κ1) is 3.65. The molecule has 1 rings (SSSR count). The largest absolute Gasteiger partial charge is 0.183 e. The predicted octanol–water partition coefficient (Wildman–Crippen LogP) is -0.440. The zero-order valence-corrected chi connectivity index (χ0v) is 4.02. The van der Waals surface area contributed by atoms with Gasteiger partial charge in [0.1, 0.15) is 0 Å². The van der Waals surface area contributed by atoms with Crippen LogP contribution in [-0.4, -0.2) is 36.5 Å². The maximum Gasteiger partial charge on any atom is 0.161 e. The summed E-state index contributed by atoms with van der Waals surface area (Å²) in [6.07, 6.45) is 0. The van der Waals surface area contributed by atoms with Crippen LogP contribution in [0.3, 0.4) is 0 Å². The molecule has 0 atom stereocenters. The van der Waals surface area contributed by atoms with Crippen molar-refractivity contribution in [2.45, 2.75) is 0 Å². The van der Waals surface area contributed by atoms with Crippen molar-refractivity contribution < 1.29 is 4.68 Å². The van der Waals surface area contributed by atoms with Crippen LogP contribution < -0.4 is 0 Å². The predicted molar refractivity (Wildman–Crippen MR) is 24.9 cm³/mol. The minimum Gasteiger partial charge on any atom is -0.183 e. The van der Waals surface area contributed by atoms with Gasteiger partial charge in [0.2, 0.25) is 0 Å². The van der Waals surface area contributed by atoms with Gasteiger partial charge in [-0.25, -0.2) is 0 Å². The highest BCUT2D eigenvalue weighted by molar-refractivity contribution is 5.14. The van der Waals surface area contributed by atoms with E-state index in [-0.39, 0.29) is 0 Å². The summed E-state index contributed by atoms with van der Waals surface area (Å²) in [6, 6.07) is 0. The minimum absolute atomic E-state index is 1.19.